The predicted molar refractivity (Wildman–Crippen MR) is 61.2 cm³/mol. The van der Waals surface area contributed by atoms with Crippen LogP contribution in [0.5, 0.6) is 0 Å². The Balaban J connectivity index is 2.00. The third-order valence-corrected chi connectivity index (χ3v) is 4.29. The molecule has 16 heavy (non-hydrogen) atoms. The average molecular weight is 241 g/mol. The molecular formula is C10H15N3O2S. The van der Waals surface area contributed by atoms with Crippen molar-refractivity contribution in [3.8, 4) is 0 Å². The molecule has 1 aliphatic rings. The van der Waals surface area contributed by atoms with Gasteiger partial charge in [0.1, 0.15) is 5.01 Å². The Morgan fingerprint density at radius 1 is 1.56 bits per heavy atom. The third kappa shape index (κ3) is 2.16. The molecule has 5 nitrogen and oxygen atoms in total. The predicted octanol–water partition coefficient (Wildman–Crippen LogP) is 1.72. The summed E-state index contributed by atoms with van der Waals surface area (Å²) < 4.78 is 0. The Hall–Kier alpha value is -1.17. The van der Waals surface area contributed by atoms with Crippen LogP contribution in [0.15, 0.2) is 0 Å². The van der Waals surface area contributed by atoms with E-state index in [1.807, 2.05) is 0 Å². The fourth-order valence-electron chi connectivity index (χ4n) is 2.31. The molecule has 0 radical (unpaired) electrons. The van der Waals surface area contributed by atoms with Crippen LogP contribution in [0, 0.1) is 11.8 Å². The van der Waals surface area contributed by atoms with Gasteiger partial charge in [-0.05, 0) is 25.2 Å². The maximum atomic E-state index is 10.9. The molecule has 1 unspecified atom stereocenters. The molecule has 3 N–H and O–H groups in total. The van der Waals surface area contributed by atoms with E-state index in [0.717, 1.165) is 24.3 Å². The van der Waals surface area contributed by atoms with Crippen LogP contribution in [-0.2, 0) is 4.79 Å². The SMILES string of the molecule is CC(C(=O)O)[C@@H]1CC[C@H](c2nnc(N)s2)C1. The Labute approximate surface area is 97.7 Å². The van der Waals surface area contributed by atoms with Crippen LogP contribution < -0.4 is 5.73 Å². The highest BCUT2D eigenvalue weighted by molar-refractivity contribution is 7.15. The molecule has 3 atom stereocenters. The molecule has 2 rings (SSSR count). The lowest BCUT2D eigenvalue weighted by Crippen LogP contribution is -2.18. The van der Waals surface area contributed by atoms with E-state index < -0.39 is 5.97 Å². The number of aromatic nitrogens is 2. The van der Waals surface area contributed by atoms with Crippen molar-refractivity contribution >= 4 is 22.4 Å². The molecule has 6 heteroatoms. The van der Waals surface area contributed by atoms with E-state index in [1.165, 1.54) is 11.3 Å². The molecule has 88 valence electrons. The number of nitrogens with zero attached hydrogens (tertiary/aromatic N) is 2. The molecular weight excluding hydrogens is 226 g/mol. The summed E-state index contributed by atoms with van der Waals surface area (Å²) in [4.78, 5) is 10.9. The van der Waals surface area contributed by atoms with E-state index in [0.29, 0.717) is 11.0 Å². The lowest BCUT2D eigenvalue weighted by molar-refractivity contribution is -0.142. The second-order valence-electron chi connectivity index (χ2n) is 4.38. The minimum Gasteiger partial charge on any atom is -0.481 e. The van der Waals surface area contributed by atoms with Crippen LogP contribution in [0.3, 0.4) is 0 Å². The van der Waals surface area contributed by atoms with Gasteiger partial charge in [-0.25, -0.2) is 0 Å². The quantitative estimate of drug-likeness (QED) is 0.841. The lowest BCUT2D eigenvalue weighted by atomic mass is 9.92. The summed E-state index contributed by atoms with van der Waals surface area (Å²) >= 11 is 1.42. The molecule has 1 aliphatic carbocycles. The van der Waals surface area contributed by atoms with Gasteiger partial charge in [0.15, 0.2) is 0 Å². The molecule has 0 aliphatic heterocycles. The van der Waals surface area contributed by atoms with E-state index in [9.17, 15) is 4.79 Å². The van der Waals surface area contributed by atoms with Crippen LogP contribution in [-0.4, -0.2) is 21.3 Å². The standard InChI is InChI=1S/C10H15N3O2S/c1-5(9(14)15)6-2-3-7(4-6)8-12-13-10(11)16-8/h5-7H,2-4H2,1H3,(H2,11,13)(H,14,15)/t5?,6-,7+/m1/s1. The summed E-state index contributed by atoms with van der Waals surface area (Å²) in [6, 6.07) is 0. The number of hydrogen-bond donors (Lipinski definition) is 2. The van der Waals surface area contributed by atoms with Crippen LogP contribution in [0.25, 0.3) is 0 Å². The monoisotopic (exact) mass is 241 g/mol. The number of nitrogens with two attached hydrogens (primary N) is 1. The number of aliphatic carboxylic acids is 1. The number of nitrogen functional groups attached to an aromatic ring is 1. The van der Waals surface area contributed by atoms with Gasteiger partial charge >= 0.3 is 5.97 Å². The summed E-state index contributed by atoms with van der Waals surface area (Å²) in [6.45, 7) is 1.78. The van der Waals surface area contributed by atoms with E-state index in [1.54, 1.807) is 6.92 Å². The lowest BCUT2D eigenvalue weighted by Gasteiger charge is -2.14. The Morgan fingerprint density at radius 2 is 2.31 bits per heavy atom. The molecule has 1 saturated carbocycles. The van der Waals surface area contributed by atoms with Crippen molar-refractivity contribution in [3.05, 3.63) is 5.01 Å². The summed E-state index contributed by atoms with van der Waals surface area (Å²) in [6.07, 6.45) is 2.84. The van der Waals surface area contributed by atoms with Crippen LogP contribution in [0.1, 0.15) is 37.1 Å². The van der Waals surface area contributed by atoms with E-state index in [2.05, 4.69) is 10.2 Å². The highest BCUT2D eigenvalue weighted by Gasteiger charge is 2.34. The van der Waals surface area contributed by atoms with Gasteiger partial charge in [0.2, 0.25) is 5.13 Å². The van der Waals surface area contributed by atoms with Gasteiger partial charge in [-0.2, -0.15) is 0 Å². The van der Waals surface area contributed by atoms with Gasteiger partial charge in [0.25, 0.3) is 0 Å². The van der Waals surface area contributed by atoms with Crippen molar-refractivity contribution in [2.24, 2.45) is 11.8 Å². The van der Waals surface area contributed by atoms with Crippen molar-refractivity contribution in [1.29, 1.82) is 0 Å². The van der Waals surface area contributed by atoms with Gasteiger partial charge < -0.3 is 10.8 Å². The zero-order chi connectivity index (χ0) is 11.7. The molecule has 1 fully saturated rings. The summed E-state index contributed by atoms with van der Waals surface area (Å²) in [7, 11) is 0. The zero-order valence-electron chi connectivity index (χ0n) is 9.09. The molecule has 0 saturated heterocycles. The van der Waals surface area contributed by atoms with Gasteiger partial charge in [-0.1, -0.05) is 18.3 Å². The Morgan fingerprint density at radius 3 is 2.88 bits per heavy atom. The number of carboxylic acids is 1. The second kappa shape index (κ2) is 4.37. The van der Waals surface area contributed by atoms with Crippen LogP contribution >= 0.6 is 11.3 Å². The van der Waals surface area contributed by atoms with Crippen molar-refractivity contribution in [3.63, 3.8) is 0 Å². The van der Waals surface area contributed by atoms with E-state index >= 15 is 0 Å². The number of rotatable bonds is 3. The van der Waals surface area contributed by atoms with Gasteiger partial charge in [-0.15, -0.1) is 10.2 Å². The Bertz CT molecular complexity index is 393. The third-order valence-electron chi connectivity index (χ3n) is 3.38. The molecule has 1 aromatic heterocycles. The van der Waals surface area contributed by atoms with Crippen LogP contribution in [0.2, 0.25) is 0 Å². The number of anilines is 1. The minimum absolute atomic E-state index is 0.257. The Kier molecular flexibility index (Phi) is 3.09. The largest absolute Gasteiger partial charge is 0.481 e. The zero-order valence-corrected chi connectivity index (χ0v) is 9.91. The molecule has 0 aromatic carbocycles. The summed E-state index contributed by atoms with van der Waals surface area (Å²) in [5.41, 5.74) is 5.54. The fourth-order valence-corrected chi connectivity index (χ4v) is 3.07. The molecule has 0 amide bonds. The summed E-state index contributed by atoms with van der Waals surface area (Å²) in [5.74, 6) is -0.369. The van der Waals surface area contributed by atoms with Crippen molar-refractivity contribution in [2.45, 2.75) is 32.1 Å². The van der Waals surface area contributed by atoms with E-state index in [4.69, 9.17) is 10.8 Å². The first-order valence-electron chi connectivity index (χ1n) is 5.39. The van der Waals surface area contributed by atoms with Crippen LogP contribution in [0.4, 0.5) is 5.13 Å². The fraction of sp³-hybridized carbons (Fsp3) is 0.700. The highest BCUT2D eigenvalue weighted by atomic mass is 32.1. The van der Waals surface area contributed by atoms with Gasteiger partial charge in [-0.3, -0.25) is 4.79 Å². The first kappa shape index (κ1) is 11.3. The highest BCUT2D eigenvalue weighted by Crippen LogP contribution is 2.42. The molecule has 0 spiro atoms. The first-order chi connectivity index (χ1) is 7.58. The van der Waals surface area contributed by atoms with Gasteiger partial charge in [0.05, 0.1) is 5.92 Å². The summed E-state index contributed by atoms with van der Waals surface area (Å²) in [5, 5.41) is 18.2. The van der Waals surface area contributed by atoms with E-state index in [-0.39, 0.29) is 11.8 Å². The van der Waals surface area contributed by atoms with Crippen molar-refractivity contribution in [2.75, 3.05) is 5.73 Å². The second-order valence-corrected chi connectivity index (χ2v) is 5.42. The molecule has 0 bridgehead atoms. The number of carboxylic acid groups (broad SMARTS) is 1. The number of hydrogen-bond acceptors (Lipinski definition) is 5. The van der Waals surface area contributed by atoms with Crippen molar-refractivity contribution < 1.29 is 9.90 Å². The maximum Gasteiger partial charge on any atom is 0.306 e. The first-order valence-corrected chi connectivity index (χ1v) is 6.21. The van der Waals surface area contributed by atoms with Gasteiger partial charge in [0, 0.05) is 5.92 Å². The van der Waals surface area contributed by atoms with Crippen molar-refractivity contribution in [1.82, 2.24) is 10.2 Å². The normalized spacial score (nSPS) is 26.8. The smallest absolute Gasteiger partial charge is 0.306 e. The number of carbonyl (C=O) groups is 1. The average Bonchev–Trinajstić information content (AvgIpc) is 2.84. The maximum absolute atomic E-state index is 10.9. The topological polar surface area (TPSA) is 89.1 Å². The molecule has 1 heterocycles. The minimum atomic E-state index is -0.706. The molecule has 1 aromatic rings.